The van der Waals surface area contributed by atoms with Gasteiger partial charge in [0.1, 0.15) is 17.3 Å². The molecule has 0 unspecified atom stereocenters. The van der Waals surface area contributed by atoms with E-state index in [1.807, 2.05) is 0 Å². The molecule has 0 aliphatic carbocycles. The predicted molar refractivity (Wildman–Crippen MR) is 181 cm³/mol. The number of benzene rings is 2. The highest BCUT2D eigenvalue weighted by Crippen LogP contribution is 2.31. The fraction of sp³-hybridized carbons (Fsp3) is 0.371. The first-order valence-corrected chi connectivity index (χ1v) is 16.9. The van der Waals surface area contributed by atoms with E-state index >= 15 is 8.78 Å². The van der Waals surface area contributed by atoms with Crippen LogP contribution >= 0.6 is 11.6 Å². The standard InChI is InChI=1S/C35H38ClF2N3O7S/c1-34(2,3)32(43)47-19-40-18-26(25-16-23(17-39-31(25)40)21-9-12-24(36)13-10-21)30(42)28-27(37)14-11-22(29(28)38)8-7-15-41(49(45)46)20-48-33(44)35(4,5)6/h9-14,16-18,49H,7-8,15,19-20H2,1-6H3. The van der Waals surface area contributed by atoms with Gasteiger partial charge in [0.05, 0.1) is 22.0 Å². The van der Waals surface area contributed by atoms with Crippen molar-refractivity contribution in [3.63, 3.8) is 0 Å². The largest absolute Gasteiger partial charge is 0.448 e. The Morgan fingerprint density at radius 2 is 1.55 bits per heavy atom. The molecule has 14 heteroatoms. The van der Waals surface area contributed by atoms with Gasteiger partial charge in [0, 0.05) is 34.9 Å². The van der Waals surface area contributed by atoms with E-state index in [9.17, 15) is 22.8 Å². The summed E-state index contributed by atoms with van der Waals surface area (Å²) in [5.41, 5.74) is -0.949. The van der Waals surface area contributed by atoms with Crippen LogP contribution in [0, 0.1) is 22.5 Å². The summed E-state index contributed by atoms with van der Waals surface area (Å²) < 4.78 is 67.6. The Bertz CT molecular complexity index is 1950. The van der Waals surface area contributed by atoms with Crippen LogP contribution in [0.3, 0.4) is 0 Å². The smallest absolute Gasteiger partial charge is 0.312 e. The number of aromatic nitrogens is 2. The quantitative estimate of drug-likeness (QED) is 0.0742. The van der Waals surface area contributed by atoms with Gasteiger partial charge in [-0.05, 0) is 89.8 Å². The number of aryl methyl sites for hydroxylation is 1. The van der Waals surface area contributed by atoms with Gasteiger partial charge < -0.3 is 9.47 Å². The van der Waals surface area contributed by atoms with Gasteiger partial charge in [0.15, 0.2) is 13.5 Å². The normalized spacial score (nSPS) is 12.1. The van der Waals surface area contributed by atoms with E-state index in [1.165, 1.54) is 16.8 Å². The number of nitrogens with zero attached hydrogens (tertiary/aromatic N) is 3. The van der Waals surface area contributed by atoms with Crippen LogP contribution < -0.4 is 0 Å². The minimum Gasteiger partial charge on any atom is -0.448 e. The lowest BCUT2D eigenvalue weighted by Gasteiger charge is -2.20. The predicted octanol–water partition coefficient (Wildman–Crippen LogP) is 6.72. The molecule has 0 radical (unpaired) electrons. The van der Waals surface area contributed by atoms with Crippen LogP contribution in [0.15, 0.2) is 54.9 Å². The number of rotatable bonds is 12. The van der Waals surface area contributed by atoms with Gasteiger partial charge in [-0.25, -0.2) is 22.2 Å². The number of hydrogen-bond acceptors (Lipinski definition) is 8. The average Bonchev–Trinajstić information content (AvgIpc) is 3.39. The summed E-state index contributed by atoms with van der Waals surface area (Å²) in [6.07, 6.45) is 2.94. The minimum absolute atomic E-state index is 0.0136. The number of halogens is 3. The lowest BCUT2D eigenvalue weighted by Crippen LogP contribution is -2.32. The van der Waals surface area contributed by atoms with E-state index in [2.05, 4.69) is 4.98 Å². The molecule has 0 saturated heterocycles. The second kappa shape index (κ2) is 15.1. The number of thiol groups is 1. The Balaban J connectivity index is 1.66. The second-order valence-electron chi connectivity index (χ2n) is 13.5. The molecule has 4 rings (SSSR count). The maximum Gasteiger partial charge on any atom is 0.312 e. The van der Waals surface area contributed by atoms with Gasteiger partial charge >= 0.3 is 11.9 Å². The van der Waals surface area contributed by atoms with Crippen molar-refractivity contribution in [1.29, 1.82) is 0 Å². The molecule has 0 fully saturated rings. The van der Waals surface area contributed by atoms with Crippen LogP contribution in [-0.2, 0) is 43.1 Å². The van der Waals surface area contributed by atoms with E-state index in [0.29, 0.717) is 10.6 Å². The summed E-state index contributed by atoms with van der Waals surface area (Å²) >= 11 is 6.04. The molecule has 262 valence electrons. The molecule has 0 N–H and O–H groups in total. The molecule has 49 heavy (non-hydrogen) atoms. The maximum absolute atomic E-state index is 15.9. The topological polar surface area (TPSA) is 125 Å². The molecule has 0 aliphatic heterocycles. The zero-order chi connectivity index (χ0) is 36.3. The van der Waals surface area contributed by atoms with Crippen LogP contribution in [0.2, 0.25) is 5.02 Å². The third kappa shape index (κ3) is 9.08. The molecule has 2 aromatic carbocycles. The van der Waals surface area contributed by atoms with E-state index < -0.39 is 63.4 Å². The van der Waals surface area contributed by atoms with Crippen molar-refractivity contribution in [1.82, 2.24) is 13.9 Å². The lowest BCUT2D eigenvalue weighted by atomic mass is 9.97. The molecule has 0 bridgehead atoms. The Kier molecular flexibility index (Phi) is 11.6. The van der Waals surface area contributed by atoms with Gasteiger partial charge in [0.25, 0.3) is 0 Å². The van der Waals surface area contributed by atoms with Crippen molar-refractivity contribution in [2.24, 2.45) is 10.8 Å². The van der Waals surface area contributed by atoms with Crippen LogP contribution in [0.4, 0.5) is 8.78 Å². The van der Waals surface area contributed by atoms with Crippen LogP contribution in [0.25, 0.3) is 22.2 Å². The summed E-state index contributed by atoms with van der Waals surface area (Å²) in [5, 5.41) is 0.790. The average molecular weight is 718 g/mol. The van der Waals surface area contributed by atoms with Crippen LogP contribution in [0.5, 0.6) is 0 Å². The van der Waals surface area contributed by atoms with Crippen molar-refractivity contribution in [3.05, 3.63) is 88.2 Å². The van der Waals surface area contributed by atoms with Crippen molar-refractivity contribution < 1.29 is 41.1 Å². The number of fused-ring (bicyclic) bond motifs is 1. The zero-order valence-electron chi connectivity index (χ0n) is 28.0. The van der Waals surface area contributed by atoms with Crippen molar-refractivity contribution >= 4 is 51.2 Å². The fourth-order valence-electron chi connectivity index (χ4n) is 4.72. The highest BCUT2D eigenvalue weighted by atomic mass is 35.5. The lowest BCUT2D eigenvalue weighted by molar-refractivity contribution is -0.157. The van der Waals surface area contributed by atoms with Gasteiger partial charge in [-0.1, -0.05) is 29.8 Å². The van der Waals surface area contributed by atoms with Crippen LogP contribution in [0.1, 0.15) is 69.4 Å². The van der Waals surface area contributed by atoms with E-state index in [-0.39, 0.29) is 48.3 Å². The summed E-state index contributed by atoms with van der Waals surface area (Å²) in [6.45, 7) is 9.02. The Labute approximate surface area is 290 Å². The summed E-state index contributed by atoms with van der Waals surface area (Å²) in [7, 11) is -3.12. The number of pyridine rings is 1. The third-order valence-electron chi connectivity index (χ3n) is 7.53. The Hall–Kier alpha value is -4.20. The van der Waals surface area contributed by atoms with E-state index in [1.54, 1.807) is 78.1 Å². The monoisotopic (exact) mass is 717 g/mol. The minimum atomic E-state index is -3.12. The van der Waals surface area contributed by atoms with Gasteiger partial charge in [-0.2, -0.15) is 4.31 Å². The number of carbonyl (C=O) groups excluding carboxylic acids is 3. The summed E-state index contributed by atoms with van der Waals surface area (Å²) in [5.74, 6) is -4.24. The first-order valence-electron chi connectivity index (χ1n) is 15.4. The SMILES string of the molecule is CC(C)(C)C(=O)OCN(CCCc1ccc(F)c(C(=O)c2cn(COC(=O)C(C)(C)C)c3ncc(-c4ccc(Cl)cc4)cc23)c1F)[SH](=O)=O. The molecule has 0 aliphatic rings. The van der Waals surface area contributed by atoms with Crippen molar-refractivity contribution in [3.8, 4) is 11.1 Å². The van der Waals surface area contributed by atoms with Crippen LogP contribution in [-0.4, -0.2) is 53.3 Å². The van der Waals surface area contributed by atoms with Gasteiger partial charge in [-0.15, -0.1) is 0 Å². The molecule has 0 spiro atoms. The fourth-order valence-corrected chi connectivity index (χ4v) is 5.30. The molecule has 10 nitrogen and oxygen atoms in total. The van der Waals surface area contributed by atoms with Crippen molar-refractivity contribution in [2.75, 3.05) is 13.3 Å². The van der Waals surface area contributed by atoms with Gasteiger partial charge in [-0.3, -0.25) is 19.0 Å². The second-order valence-corrected chi connectivity index (χ2v) is 15.0. The number of ether oxygens (including phenoxy) is 2. The number of esters is 2. The molecule has 0 amide bonds. The first-order chi connectivity index (χ1) is 22.9. The first kappa shape index (κ1) is 37.6. The third-order valence-corrected chi connectivity index (χ3v) is 8.56. The molecule has 2 heterocycles. The molecular formula is C35H38ClF2N3O7S. The molecular weight excluding hydrogens is 680 g/mol. The molecule has 0 atom stereocenters. The highest BCUT2D eigenvalue weighted by molar-refractivity contribution is 7.69. The Morgan fingerprint density at radius 3 is 2.16 bits per heavy atom. The van der Waals surface area contributed by atoms with Crippen molar-refractivity contribution in [2.45, 2.75) is 61.1 Å². The molecule has 0 saturated carbocycles. The number of hydrogen-bond donors (Lipinski definition) is 1. The van der Waals surface area contributed by atoms with E-state index in [0.717, 1.165) is 15.9 Å². The molecule has 4 aromatic rings. The number of ketones is 1. The maximum atomic E-state index is 15.9. The molecule has 2 aromatic heterocycles. The highest BCUT2D eigenvalue weighted by Gasteiger charge is 2.28. The van der Waals surface area contributed by atoms with Gasteiger partial charge in [0.2, 0.25) is 16.7 Å². The number of carbonyl (C=O) groups is 3. The van der Waals surface area contributed by atoms with E-state index in [4.69, 9.17) is 21.1 Å². The zero-order valence-corrected chi connectivity index (χ0v) is 29.7. The summed E-state index contributed by atoms with van der Waals surface area (Å²) in [4.78, 5) is 43.1. The summed E-state index contributed by atoms with van der Waals surface area (Å²) in [6, 6.07) is 10.7. The Morgan fingerprint density at radius 1 is 0.918 bits per heavy atom.